The van der Waals surface area contributed by atoms with Gasteiger partial charge in [-0.2, -0.15) is 23.3 Å². The van der Waals surface area contributed by atoms with Gasteiger partial charge in [-0.05, 0) is 48.0 Å². The fraction of sp³-hybridized carbons (Fsp3) is 0.154. The first-order valence-corrected chi connectivity index (χ1v) is 13.6. The van der Waals surface area contributed by atoms with Gasteiger partial charge in [0, 0.05) is 30.8 Å². The Morgan fingerprint density at radius 2 is 1.72 bits per heavy atom. The highest BCUT2D eigenvalue weighted by molar-refractivity contribution is 7.90. The maximum atomic E-state index is 13.0. The largest absolute Gasteiger partial charge is 0.405 e. The molecule has 5 aromatic rings. The van der Waals surface area contributed by atoms with Gasteiger partial charge in [-0.15, -0.1) is 0 Å². The van der Waals surface area contributed by atoms with Crippen LogP contribution in [0.3, 0.4) is 0 Å². The summed E-state index contributed by atoms with van der Waals surface area (Å²) in [5.74, 6) is 0.0203. The maximum Gasteiger partial charge on any atom is 0.405 e. The fourth-order valence-electron chi connectivity index (χ4n) is 3.82. The number of benzene rings is 2. The Bertz CT molecular complexity index is 1720. The molecule has 0 spiro atoms. The summed E-state index contributed by atoms with van der Waals surface area (Å²) in [4.78, 5) is 13.3. The lowest BCUT2D eigenvalue weighted by molar-refractivity contribution is -0.115. The van der Waals surface area contributed by atoms with E-state index in [0.717, 1.165) is 17.5 Å². The molecule has 0 aliphatic rings. The zero-order valence-electron chi connectivity index (χ0n) is 20.5. The Morgan fingerprint density at radius 1 is 0.923 bits per heavy atom. The molecule has 3 heterocycles. The first-order chi connectivity index (χ1) is 18.5. The number of halogens is 3. The number of sulfone groups is 1. The van der Waals surface area contributed by atoms with Crippen molar-refractivity contribution in [3.05, 3.63) is 84.7 Å². The molecule has 39 heavy (non-hydrogen) atoms. The van der Waals surface area contributed by atoms with Crippen molar-refractivity contribution in [2.24, 2.45) is 0 Å². The molecule has 13 heteroatoms. The molecule has 0 atom stereocenters. The second-order valence-corrected chi connectivity index (χ2v) is 10.7. The molecule has 0 bridgehead atoms. The number of hydrogen-bond donors (Lipinski definition) is 2. The van der Waals surface area contributed by atoms with E-state index in [1.807, 2.05) is 36.5 Å². The number of rotatable bonds is 8. The molecule has 2 aromatic carbocycles. The predicted molar refractivity (Wildman–Crippen MR) is 141 cm³/mol. The minimum Gasteiger partial charge on any atom is -0.359 e. The summed E-state index contributed by atoms with van der Waals surface area (Å²) in [5.41, 5.74) is 3.07. The minimum absolute atomic E-state index is 0.102. The summed E-state index contributed by atoms with van der Waals surface area (Å²) >= 11 is 0. The monoisotopic (exact) mass is 553 g/mol. The van der Waals surface area contributed by atoms with Crippen LogP contribution < -0.4 is 10.6 Å². The molecule has 0 unspecified atom stereocenters. The third kappa shape index (κ3) is 6.32. The molecule has 9 nitrogen and oxygen atoms in total. The van der Waals surface area contributed by atoms with E-state index in [-0.39, 0.29) is 22.2 Å². The van der Waals surface area contributed by atoms with E-state index in [4.69, 9.17) is 0 Å². The summed E-state index contributed by atoms with van der Waals surface area (Å²) in [6, 6.07) is 18.8. The Morgan fingerprint density at radius 3 is 2.41 bits per heavy atom. The lowest BCUT2D eigenvalue weighted by atomic mass is 10.1. The molecule has 0 saturated heterocycles. The van der Waals surface area contributed by atoms with Crippen LogP contribution in [0.5, 0.6) is 0 Å². The van der Waals surface area contributed by atoms with Crippen LogP contribution in [0.1, 0.15) is 5.56 Å². The fourth-order valence-corrected chi connectivity index (χ4v) is 4.48. The van der Waals surface area contributed by atoms with Gasteiger partial charge >= 0.3 is 6.18 Å². The second-order valence-electron chi connectivity index (χ2n) is 8.70. The number of nitrogens with one attached hydrogen (secondary N) is 2. The summed E-state index contributed by atoms with van der Waals surface area (Å²) in [6.45, 7) is -0.990. The van der Waals surface area contributed by atoms with Crippen LogP contribution in [-0.2, 0) is 16.4 Å². The van der Waals surface area contributed by atoms with Gasteiger partial charge in [-0.25, -0.2) is 23.1 Å². The topological polar surface area (TPSA) is 115 Å². The average molecular weight is 554 g/mol. The Hall–Kier alpha value is -4.52. The Kier molecular flexibility index (Phi) is 6.91. The molecular weight excluding hydrogens is 531 g/mol. The minimum atomic E-state index is -4.48. The number of anilines is 2. The molecular formula is C26H22F3N7O2S. The van der Waals surface area contributed by atoms with Gasteiger partial charge in [-0.3, -0.25) is 0 Å². The standard InChI is InChI=1S/C26H22F3N7O2S/c1-39(37,38)20-5-2-4-18(14-20)21-10-11-22-23(33-21)24(31-16-26(27,28)29)35-25(34-22)30-15-17-6-8-19(9-7-17)36-13-3-12-32-36/h2-14H,15-16H2,1H3,(H2,30,31,34,35). The number of nitrogens with zero attached hydrogens (tertiary/aromatic N) is 5. The van der Waals surface area contributed by atoms with Crippen molar-refractivity contribution in [2.45, 2.75) is 17.6 Å². The first kappa shape index (κ1) is 26.1. The van der Waals surface area contributed by atoms with Crippen LogP contribution in [0.2, 0.25) is 0 Å². The summed E-state index contributed by atoms with van der Waals surface area (Å²) in [6.07, 6.45) is 0.118. The molecule has 0 amide bonds. The van der Waals surface area contributed by atoms with Crippen molar-refractivity contribution in [2.75, 3.05) is 23.4 Å². The van der Waals surface area contributed by atoms with Crippen LogP contribution in [0.4, 0.5) is 24.9 Å². The van der Waals surface area contributed by atoms with Crippen molar-refractivity contribution >= 4 is 32.6 Å². The van der Waals surface area contributed by atoms with Gasteiger partial charge in [0.05, 0.1) is 21.8 Å². The SMILES string of the molecule is CS(=O)(=O)c1cccc(-c2ccc3nc(NCc4ccc(-n5cccn5)cc4)nc(NCC(F)(F)F)c3n2)c1. The third-order valence-electron chi connectivity index (χ3n) is 5.71. The highest BCUT2D eigenvalue weighted by Gasteiger charge is 2.27. The molecule has 0 aliphatic heterocycles. The van der Waals surface area contributed by atoms with Gasteiger partial charge in [0.25, 0.3) is 0 Å². The van der Waals surface area contributed by atoms with Crippen LogP contribution in [-0.4, -0.2) is 52.1 Å². The van der Waals surface area contributed by atoms with Crippen molar-refractivity contribution in [1.29, 1.82) is 0 Å². The molecule has 2 N–H and O–H groups in total. The van der Waals surface area contributed by atoms with E-state index >= 15 is 0 Å². The van der Waals surface area contributed by atoms with E-state index in [9.17, 15) is 21.6 Å². The zero-order chi connectivity index (χ0) is 27.6. The van der Waals surface area contributed by atoms with Crippen molar-refractivity contribution < 1.29 is 21.6 Å². The lowest BCUT2D eigenvalue weighted by Crippen LogP contribution is -2.22. The molecule has 5 rings (SSSR count). The number of aromatic nitrogens is 5. The molecule has 0 saturated carbocycles. The van der Waals surface area contributed by atoms with E-state index in [1.54, 1.807) is 35.1 Å². The van der Waals surface area contributed by atoms with Crippen LogP contribution in [0.15, 0.2) is 84.0 Å². The summed E-state index contributed by atoms with van der Waals surface area (Å²) in [7, 11) is -3.46. The van der Waals surface area contributed by atoms with Crippen LogP contribution in [0.25, 0.3) is 28.0 Å². The van der Waals surface area contributed by atoms with Gasteiger partial charge in [0.2, 0.25) is 5.95 Å². The van der Waals surface area contributed by atoms with Gasteiger partial charge in [0.15, 0.2) is 15.7 Å². The quantitative estimate of drug-likeness (QED) is 0.280. The lowest BCUT2D eigenvalue weighted by Gasteiger charge is -2.14. The van der Waals surface area contributed by atoms with Crippen molar-refractivity contribution in [3.8, 4) is 16.9 Å². The van der Waals surface area contributed by atoms with Crippen LogP contribution in [0, 0.1) is 0 Å². The van der Waals surface area contributed by atoms with Crippen LogP contribution >= 0.6 is 0 Å². The number of alkyl halides is 3. The molecule has 3 aromatic heterocycles. The van der Waals surface area contributed by atoms with E-state index in [1.165, 1.54) is 12.1 Å². The summed E-state index contributed by atoms with van der Waals surface area (Å²) in [5, 5.41) is 9.56. The molecule has 0 aliphatic carbocycles. The molecule has 200 valence electrons. The summed E-state index contributed by atoms with van der Waals surface area (Å²) < 4.78 is 64.8. The highest BCUT2D eigenvalue weighted by atomic mass is 32.2. The highest BCUT2D eigenvalue weighted by Crippen LogP contribution is 2.27. The van der Waals surface area contributed by atoms with Gasteiger partial charge < -0.3 is 10.6 Å². The second kappa shape index (κ2) is 10.3. The number of hydrogen-bond acceptors (Lipinski definition) is 8. The average Bonchev–Trinajstić information content (AvgIpc) is 3.45. The Balaban J connectivity index is 1.45. The maximum absolute atomic E-state index is 13.0. The Labute approximate surface area is 221 Å². The molecule has 0 fully saturated rings. The van der Waals surface area contributed by atoms with Gasteiger partial charge in [0.1, 0.15) is 12.1 Å². The number of pyridine rings is 1. The van der Waals surface area contributed by atoms with E-state index < -0.39 is 22.6 Å². The van der Waals surface area contributed by atoms with Gasteiger partial charge in [-0.1, -0.05) is 24.3 Å². The van der Waals surface area contributed by atoms with E-state index in [0.29, 0.717) is 23.3 Å². The normalized spacial score (nSPS) is 12.0. The first-order valence-electron chi connectivity index (χ1n) is 11.7. The van der Waals surface area contributed by atoms with E-state index in [2.05, 4.69) is 30.7 Å². The predicted octanol–water partition coefficient (Wildman–Crippen LogP) is 4.87. The smallest absolute Gasteiger partial charge is 0.359 e. The number of fused-ring (bicyclic) bond motifs is 1. The van der Waals surface area contributed by atoms with Crippen molar-refractivity contribution in [3.63, 3.8) is 0 Å². The van der Waals surface area contributed by atoms with Crippen molar-refractivity contribution in [1.82, 2.24) is 24.7 Å². The molecule has 0 radical (unpaired) electrons. The zero-order valence-corrected chi connectivity index (χ0v) is 21.3. The third-order valence-corrected chi connectivity index (χ3v) is 6.82.